The van der Waals surface area contributed by atoms with Crippen LogP contribution in [0.25, 0.3) is 0 Å². The van der Waals surface area contributed by atoms with Crippen molar-refractivity contribution in [1.29, 1.82) is 0 Å². The summed E-state index contributed by atoms with van der Waals surface area (Å²) >= 11 is 0. The van der Waals surface area contributed by atoms with Gasteiger partial charge in [-0.05, 0) is 42.9 Å². The van der Waals surface area contributed by atoms with Crippen molar-refractivity contribution in [1.82, 2.24) is 0 Å². The fourth-order valence-corrected chi connectivity index (χ4v) is 7.45. The molecule has 5 rings (SSSR count). The lowest BCUT2D eigenvalue weighted by atomic mass is 9.71. The fraction of sp³-hybridized carbons (Fsp3) is 0.727. The summed E-state index contributed by atoms with van der Waals surface area (Å²) in [6.07, 6.45) is 5.48. The van der Waals surface area contributed by atoms with Crippen LogP contribution in [0.4, 0.5) is 0 Å². The van der Waals surface area contributed by atoms with Crippen LogP contribution < -0.4 is 0 Å². The molecule has 234 valence electrons. The van der Waals surface area contributed by atoms with E-state index in [-0.39, 0.29) is 43.3 Å². The normalized spacial score (nSPS) is 49.8. The number of rotatable bonds is 1. The Balaban J connectivity index is 1.55. The summed E-state index contributed by atoms with van der Waals surface area (Å²) in [7, 11) is 0. The largest absolute Gasteiger partial charge is 0.462 e. The Morgan fingerprint density at radius 1 is 1.00 bits per heavy atom. The fourth-order valence-electron chi connectivity index (χ4n) is 7.45. The molecule has 1 spiro atoms. The first-order chi connectivity index (χ1) is 19.8. The molecule has 0 amide bonds. The number of allylic oxidation sites excluding steroid dienone is 2. The van der Waals surface area contributed by atoms with Gasteiger partial charge in [0, 0.05) is 31.1 Å². The van der Waals surface area contributed by atoms with E-state index in [4.69, 9.17) is 18.9 Å². The number of carbonyl (C=O) groups excluding carboxylic acids is 1. The van der Waals surface area contributed by atoms with Crippen molar-refractivity contribution in [2.45, 2.75) is 121 Å². The molecule has 0 aromatic carbocycles. The minimum absolute atomic E-state index is 0.0479. The molecule has 42 heavy (non-hydrogen) atoms. The lowest BCUT2D eigenvalue weighted by molar-refractivity contribution is -0.353. The van der Waals surface area contributed by atoms with Crippen LogP contribution in [-0.4, -0.2) is 87.1 Å². The van der Waals surface area contributed by atoms with Crippen LogP contribution in [0.2, 0.25) is 0 Å². The van der Waals surface area contributed by atoms with Gasteiger partial charge < -0.3 is 39.4 Å². The summed E-state index contributed by atoms with van der Waals surface area (Å²) in [5, 5.41) is 45.1. The molecule has 0 aromatic heterocycles. The standard InChI is InChI=1S/C33H48O9/c1-17(2)29-21(6)26(34)15-32(42-29)14-24-13-23(41-32)11-10-19(4)27(35)18(3)8-7-9-22-16-39-30-28(36)20(5)12-25(31(37)40-24)33(22,30)38/h7-10,12,17-18,21,23-30,34-36,38H,11,13-16H2,1-6H3/b8-7+,19-10+,22-9+/t18-,21-,23+,24-,25-,26-,27-,28+,29+,30+,32?,33+/m0/s1. The van der Waals surface area contributed by atoms with Gasteiger partial charge in [0.1, 0.15) is 29.8 Å². The minimum Gasteiger partial charge on any atom is -0.462 e. The van der Waals surface area contributed by atoms with Crippen molar-refractivity contribution in [3.05, 3.63) is 47.1 Å². The average molecular weight is 589 g/mol. The highest BCUT2D eigenvalue weighted by molar-refractivity contribution is 5.78. The number of hydrogen-bond donors (Lipinski definition) is 4. The van der Waals surface area contributed by atoms with Crippen LogP contribution in [0, 0.1) is 23.7 Å². The first-order valence-corrected chi connectivity index (χ1v) is 15.4. The van der Waals surface area contributed by atoms with Crippen LogP contribution in [0.5, 0.6) is 0 Å². The van der Waals surface area contributed by atoms with E-state index in [1.54, 1.807) is 25.2 Å². The summed E-state index contributed by atoms with van der Waals surface area (Å²) in [6, 6.07) is 0. The van der Waals surface area contributed by atoms with Crippen LogP contribution in [-0.2, 0) is 23.7 Å². The quantitative estimate of drug-likeness (QED) is 0.269. The third kappa shape index (κ3) is 5.70. The van der Waals surface area contributed by atoms with Crippen molar-refractivity contribution >= 4 is 5.97 Å². The highest BCUT2D eigenvalue weighted by Crippen LogP contribution is 2.47. The summed E-state index contributed by atoms with van der Waals surface area (Å²) in [4.78, 5) is 13.9. The first-order valence-electron chi connectivity index (χ1n) is 15.4. The van der Waals surface area contributed by atoms with E-state index in [0.29, 0.717) is 24.0 Å². The van der Waals surface area contributed by atoms with Crippen molar-refractivity contribution in [2.24, 2.45) is 23.7 Å². The van der Waals surface area contributed by atoms with Crippen molar-refractivity contribution < 1.29 is 44.2 Å². The summed E-state index contributed by atoms with van der Waals surface area (Å²) < 4.78 is 25.3. The van der Waals surface area contributed by atoms with E-state index >= 15 is 0 Å². The summed E-state index contributed by atoms with van der Waals surface area (Å²) in [5.74, 6) is -3.03. The lowest BCUT2D eigenvalue weighted by Gasteiger charge is -2.52. The summed E-state index contributed by atoms with van der Waals surface area (Å²) in [5.41, 5.74) is -0.0131. The van der Waals surface area contributed by atoms with E-state index in [1.165, 1.54) is 0 Å². The second kappa shape index (κ2) is 11.9. The topological polar surface area (TPSA) is 135 Å². The van der Waals surface area contributed by atoms with Crippen molar-refractivity contribution in [3.8, 4) is 0 Å². The monoisotopic (exact) mass is 588 g/mol. The molecule has 2 bridgehead atoms. The third-order valence-electron chi connectivity index (χ3n) is 10.0. The molecule has 9 heteroatoms. The number of carbonyl (C=O) groups is 1. The number of fused-ring (bicyclic) bond motifs is 2. The van der Waals surface area contributed by atoms with Gasteiger partial charge in [-0.25, -0.2) is 0 Å². The molecule has 4 heterocycles. The number of hydrogen-bond acceptors (Lipinski definition) is 9. The molecule has 12 atom stereocenters. The highest BCUT2D eigenvalue weighted by atomic mass is 16.7. The highest BCUT2D eigenvalue weighted by Gasteiger charge is 2.60. The maximum Gasteiger partial charge on any atom is 0.316 e. The first kappa shape index (κ1) is 31.6. The van der Waals surface area contributed by atoms with Gasteiger partial charge in [-0.1, -0.05) is 58.1 Å². The van der Waals surface area contributed by atoms with Gasteiger partial charge in [-0.3, -0.25) is 4.79 Å². The Labute approximate surface area is 248 Å². The van der Waals surface area contributed by atoms with E-state index in [9.17, 15) is 25.2 Å². The second-order valence-corrected chi connectivity index (χ2v) is 13.6. The Hall–Kier alpha value is -1.85. The molecule has 4 N–H and O–H groups in total. The maximum atomic E-state index is 13.9. The zero-order valence-electron chi connectivity index (χ0n) is 25.6. The van der Waals surface area contributed by atoms with Gasteiger partial charge in [-0.15, -0.1) is 0 Å². The maximum absolute atomic E-state index is 13.9. The van der Waals surface area contributed by atoms with Gasteiger partial charge in [0.25, 0.3) is 0 Å². The van der Waals surface area contributed by atoms with Gasteiger partial charge in [0.15, 0.2) is 5.79 Å². The smallest absolute Gasteiger partial charge is 0.316 e. The molecule has 9 nitrogen and oxygen atoms in total. The molecule has 4 aliphatic heterocycles. The molecule has 0 saturated carbocycles. The number of ether oxygens (including phenoxy) is 4. The summed E-state index contributed by atoms with van der Waals surface area (Å²) in [6.45, 7) is 11.6. The molecular formula is C33H48O9. The average Bonchev–Trinajstić information content (AvgIpc) is 3.27. The Morgan fingerprint density at radius 2 is 1.74 bits per heavy atom. The molecule has 5 aliphatic rings. The predicted molar refractivity (Wildman–Crippen MR) is 155 cm³/mol. The number of esters is 1. The third-order valence-corrected chi connectivity index (χ3v) is 10.0. The molecule has 0 aromatic rings. The molecular weight excluding hydrogens is 540 g/mol. The molecule has 3 saturated heterocycles. The van der Waals surface area contributed by atoms with E-state index in [1.807, 2.05) is 32.9 Å². The van der Waals surface area contributed by atoms with Gasteiger partial charge in [0.05, 0.1) is 31.0 Å². The van der Waals surface area contributed by atoms with E-state index in [0.717, 1.165) is 5.57 Å². The molecule has 3 fully saturated rings. The zero-order valence-corrected chi connectivity index (χ0v) is 25.6. The molecule has 1 aliphatic carbocycles. The Kier molecular flexibility index (Phi) is 8.96. The van der Waals surface area contributed by atoms with Crippen LogP contribution in [0.15, 0.2) is 47.1 Å². The molecule has 0 radical (unpaired) electrons. The van der Waals surface area contributed by atoms with Crippen LogP contribution in [0.1, 0.15) is 67.2 Å². The Bertz CT molecular complexity index is 1160. The van der Waals surface area contributed by atoms with Crippen molar-refractivity contribution in [3.63, 3.8) is 0 Å². The van der Waals surface area contributed by atoms with Crippen LogP contribution in [0.3, 0.4) is 0 Å². The van der Waals surface area contributed by atoms with Gasteiger partial charge >= 0.3 is 5.97 Å². The Morgan fingerprint density at radius 3 is 2.45 bits per heavy atom. The SMILES string of the molecule is CC1=C[C@H]2C(=O)O[C@H]3C[C@@H](C/C=C(\C)[C@@H](O)[C@@H](C)/C=C/C=C4\CO[C@H]([C@@H]1O)[C@@]42O)OC1(C3)C[C@H](O)[C@H](C)[C@@H](C(C)C)O1. The minimum atomic E-state index is -1.80. The van der Waals surface area contributed by atoms with Crippen LogP contribution >= 0.6 is 0 Å². The zero-order chi connectivity index (χ0) is 30.6. The lowest BCUT2D eigenvalue weighted by Crippen LogP contribution is -2.60. The number of aliphatic hydroxyl groups excluding tert-OH is 3. The van der Waals surface area contributed by atoms with E-state index < -0.39 is 59.9 Å². The van der Waals surface area contributed by atoms with Crippen molar-refractivity contribution in [2.75, 3.05) is 6.61 Å². The molecule has 1 unspecified atom stereocenters. The second-order valence-electron chi connectivity index (χ2n) is 13.6. The van der Waals surface area contributed by atoms with Gasteiger partial charge in [-0.2, -0.15) is 0 Å². The number of aliphatic hydroxyl groups is 4. The van der Waals surface area contributed by atoms with Gasteiger partial charge in [0.2, 0.25) is 0 Å². The van der Waals surface area contributed by atoms with E-state index in [2.05, 4.69) is 13.8 Å². The predicted octanol–water partition coefficient (Wildman–Crippen LogP) is 3.11.